The van der Waals surface area contributed by atoms with E-state index in [2.05, 4.69) is 30.4 Å². The molecule has 3 aromatic rings. The fourth-order valence-electron chi connectivity index (χ4n) is 1.77. The molecule has 0 amide bonds. The summed E-state index contributed by atoms with van der Waals surface area (Å²) >= 11 is 0. The second-order valence-corrected chi connectivity index (χ2v) is 3.97. The molecule has 0 saturated heterocycles. The first-order valence-corrected chi connectivity index (χ1v) is 5.65. The summed E-state index contributed by atoms with van der Waals surface area (Å²) < 4.78 is 1.49. The van der Waals surface area contributed by atoms with Gasteiger partial charge in [-0.15, -0.1) is 0 Å². The average molecular weight is 257 g/mol. The summed E-state index contributed by atoms with van der Waals surface area (Å²) in [6, 6.07) is 0. The van der Waals surface area contributed by atoms with Crippen molar-refractivity contribution in [2.45, 2.75) is 6.54 Å². The summed E-state index contributed by atoms with van der Waals surface area (Å²) in [5.41, 5.74) is 1.53. The van der Waals surface area contributed by atoms with Crippen molar-refractivity contribution in [1.29, 1.82) is 0 Å². The molecule has 2 N–H and O–H groups in total. The quantitative estimate of drug-likeness (QED) is 0.688. The van der Waals surface area contributed by atoms with E-state index in [0.717, 1.165) is 5.69 Å². The van der Waals surface area contributed by atoms with Gasteiger partial charge in [0, 0.05) is 19.4 Å². The molecule has 3 rings (SSSR count). The zero-order valence-electron chi connectivity index (χ0n) is 10.2. The summed E-state index contributed by atoms with van der Waals surface area (Å²) in [6.07, 6.45) is 6.41. The average Bonchev–Trinajstić information content (AvgIpc) is 2.80. The molecule has 0 aromatic carbocycles. The lowest BCUT2D eigenvalue weighted by molar-refractivity contribution is 0.792. The Morgan fingerprint density at radius 2 is 2.26 bits per heavy atom. The lowest BCUT2D eigenvalue weighted by Gasteiger charge is -2.04. The van der Waals surface area contributed by atoms with Crippen LogP contribution >= 0.6 is 0 Å². The highest BCUT2D eigenvalue weighted by Gasteiger charge is 2.07. The second kappa shape index (κ2) is 4.48. The van der Waals surface area contributed by atoms with Crippen LogP contribution in [0.1, 0.15) is 5.69 Å². The highest BCUT2D eigenvalue weighted by molar-refractivity contribution is 5.73. The molecule has 0 aliphatic rings. The van der Waals surface area contributed by atoms with E-state index in [0.29, 0.717) is 23.5 Å². The first kappa shape index (κ1) is 11.3. The SMILES string of the molecule is Cn1ncc2nc(NCc3cnccn3)[nH]c(=O)c21. The monoisotopic (exact) mass is 257 g/mol. The number of aryl methyl sites for hydroxylation is 1. The number of hydrogen-bond acceptors (Lipinski definition) is 6. The Hall–Kier alpha value is -2.77. The van der Waals surface area contributed by atoms with Gasteiger partial charge >= 0.3 is 0 Å². The van der Waals surface area contributed by atoms with Crippen LogP contribution in [0.5, 0.6) is 0 Å². The van der Waals surface area contributed by atoms with Crippen LogP contribution in [0.2, 0.25) is 0 Å². The number of hydrogen-bond donors (Lipinski definition) is 2. The van der Waals surface area contributed by atoms with Crippen molar-refractivity contribution in [3.63, 3.8) is 0 Å². The smallest absolute Gasteiger partial charge is 0.278 e. The Balaban J connectivity index is 1.88. The maximum atomic E-state index is 11.9. The largest absolute Gasteiger partial charge is 0.350 e. The van der Waals surface area contributed by atoms with E-state index < -0.39 is 0 Å². The van der Waals surface area contributed by atoms with Gasteiger partial charge in [-0.1, -0.05) is 0 Å². The van der Waals surface area contributed by atoms with Crippen LogP contribution in [0.25, 0.3) is 11.0 Å². The summed E-state index contributed by atoms with van der Waals surface area (Å²) in [5.74, 6) is 0.385. The third-order valence-electron chi connectivity index (χ3n) is 2.65. The highest BCUT2D eigenvalue weighted by Crippen LogP contribution is 2.07. The summed E-state index contributed by atoms with van der Waals surface area (Å²) in [6.45, 7) is 0.433. The molecular formula is C11H11N7O. The van der Waals surface area contributed by atoms with Crippen molar-refractivity contribution in [3.05, 3.63) is 40.8 Å². The topological polar surface area (TPSA) is 101 Å². The number of fused-ring (bicyclic) bond motifs is 1. The standard InChI is InChI=1S/C11H11N7O/c1-18-9-8(6-15-18)16-11(17-10(9)19)14-5-7-4-12-2-3-13-7/h2-4,6H,5H2,1H3,(H2,14,16,17,19). The summed E-state index contributed by atoms with van der Waals surface area (Å²) in [5, 5.41) is 7.00. The van der Waals surface area contributed by atoms with E-state index in [1.165, 1.54) is 4.68 Å². The zero-order valence-corrected chi connectivity index (χ0v) is 10.2. The number of aromatic amines is 1. The van der Waals surface area contributed by atoms with Gasteiger partial charge in [-0.25, -0.2) is 4.98 Å². The molecule has 8 heteroatoms. The van der Waals surface area contributed by atoms with E-state index in [9.17, 15) is 4.79 Å². The number of aromatic nitrogens is 6. The van der Waals surface area contributed by atoms with E-state index in [-0.39, 0.29) is 5.56 Å². The Bertz CT molecular complexity index is 762. The Morgan fingerprint density at radius 3 is 3.05 bits per heavy atom. The van der Waals surface area contributed by atoms with Crippen LogP contribution in [0.3, 0.4) is 0 Å². The molecule has 0 bridgehead atoms. The van der Waals surface area contributed by atoms with Crippen molar-refractivity contribution < 1.29 is 0 Å². The van der Waals surface area contributed by atoms with Crippen molar-refractivity contribution in [2.75, 3.05) is 5.32 Å². The van der Waals surface area contributed by atoms with Crippen molar-refractivity contribution in [1.82, 2.24) is 29.7 Å². The number of nitrogens with one attached hydrogen (secondary N) is 2. The molecule has 0 aliphatic heterocycles. The molecule has 0 fully saturated rings. The second-order valence-electron chi connectivity index (χ2n) is 3.97. The van der Waals surface area contributed by atoms with E-state index in [1.54, 1.807) is 31.8 Å². The highest BCUT2D eigenvalue weighted by atomic mass is 16.1. The number of rotatable bonds is 3. The predicted molar refractivity (Wildman–Crippen MR) is 68.5 cm³/mol. The molecule has 3 aromatic heterocycles. The fourth-order valence-corrected chi connectivity index (χ4v) is 1.77. The molecule has 96 valence electrons. The lowest BCUT2D eigenvalue weighted by atomic mass is 10.4. The molecule has 0 unspecified atom stereocenters. The molecule has 0 spiro atoms. The molecule has 0 atom stereocenters. The Kier molecular flexibility index (Phi) is 2.67. The fraction of sp³-hybridized carbons (Fsp3) is 0.182. The van der Waals surface area contributed by atoms with Gasteiger partial charge in [0.05, 0.1) is 24.6 Å². The van der Waals surface area contributed by atoms with Crippen LogP contribution in [0.4, 0.5) is 5.95 Å². The van der Waals surface area contributed by atoms with Gasteiger partial charge in [0.2, 0.25) is 5.95 Å². The minimum atomic E-state index is -0.230. The van der Waals surface area contributed by atoms with Gasteiger partial charge in [0.1, 0.15) is 5.52 Å². The lowest BCUT2D eigenvalue weighted by Crippen LogP contribution is -2.15. The van der Waals surface area contributed by atoms with Crippen molar-refractivity contribution in [2.24, 2.45) is 7.05 Å². The maximum absolute atomic E-state index is 11.9. The summed E-state index contributed by atoms with van der Waals surface area (Å²) in [4.78, 5) is 26.9. The minimum absolute atomic E-state index is 0.230. The maximum Gasteiger partial charge on any atom is 0.278 e. The Morgan fingerprint density at radius 1 is 1.37 bits per heavy atom. The normalized spacial score (nSPS) is 10.8. The first-order chi connectivity index (χ1) is 9.24. The third kappa shape index (κ3) is 2.15. The van der Waals surface area contributed by atoms with Crippen molar-refractivity contribution >= 4 is 17.0 Å². The van der Waals surface area contributed by atoms with E-state index in [4.69, 9.17) is 0 Å². The third-order valence-corrected chi connectivity index (χ3v) is 2.65. The molecule has 0 radical (unpaired) electrons. The van der Waals surface area contributed by atoms with E-state index in [1.807, 2.05) is 0 Å². The van der Waals surface area contributed by atoms with Gasteiger partial charge in [-0.3, -0.25) is 24.4 Å². The van der Waals surface area contributed by atoms with Crippen LogP contribution in [-0.4, -0.2) is 29.7 Å². The number of nitrogens with zero attached hydrogens (tertiary/aromatic N) is 5. The molecule has 0 aliphatic carbocycles. The number of anilines is 1. The Labute approximate surface area is 107 Å². The van der Waals surface area contributed by atoms with Crippen LogP contribution < -0.4 is 10.9 Å². The predicted octanol–water partition coefficient (Wildman–Crippen LogP) is 0.0587. The van der Waals surface area contributed by atoms with E-state index >= 15 is 0 Å². The van der Waals surface area contributed by atoms with Gasteiger partial charge in [0.25, 0.3) is 5.56 Å². The molecule has 19 heavy (non-hydrogen) atoms. The molecule has 3 heterocycles. The minimum Gasteiger partial charge on any atom is -0.350 e. The number of H-pyrrole nitrogens is 1. The van der Waals surface area contributed by atoms with Crippen molar-refractivity contribution in [3.8, 4) is 0 Å². The van der Waals surface area contributed by atoms with Gasteiger partial charge in [-0.2, -0.15) is 5.10 Å². The molecule has 8 nitrogen and oxygen atoms in total. The summed E-state index contributed by atoms with van der Waals surface area (Å²) in [7, 11) is 1.70. The first-order valence-electron chi connectivity index (χ1n) is 5.65. The van der Waals surface area contributed by atoms with Gasteiger partial charge < -0.3 is 5.32 Å². The molecule has 0 saturated carbocycles. The zero-order chi connectivity index (χ0) is 13.2. The van der Waals surface area contributed by atoms with Gasteiger partial charge in [0.15, 0.2) is 5.52 Å². The van der Waals surface area contributed by atoms with Crippen LogP contribution in [0.15, 0.2) is 29.6 Å². The van der Waals surface area contributed by atoms with Crippen LogP contribution in [-0.2, 0) is 13.6 Å². The van der Waals surface area contributed by atoms with Gasteiger partial charge in [-0.05, 0) is 0 Å². The molecular weight excluding hydrogens is 246 g/mol. The van der Waals surface area contributed by atoms with Crippen LogP contribution in [0, 0.1) is 0 Å².